The Morgan fingerprint density at radius 1 is 0.593 bits per heavy atom. The molecule has 0 amide bonds. The van der Waals surface area contributed by atoms with Crippen LogP contribution in [0.1, 0.15) is 61.1 Å². The zero-order chi connectivity index (χ0) is 19.8. The van der Waals surface area contributed by atoms with Crippen LogP contribution in [0.2, 0.25) is 0 Å². The SMILES string of the molecule is Cc1ccccc1C(C)(C)c1ccc(O)c(C(C)(C)c2ccccc2C)c1. The van der Waals surface area contributed by atoms with Crippen molar-refractivity contribution in [2.24, 2.45) is 0 Å². The monoisotopic (exact) mass is 358 g/mol. The van der Waals surface area contributed by atoms with Crippen LogP contribution in [-0.4, -0.2) is 5.11 Å². The van der Waals surface area contributed by atoms with Gasteiger partial charge in [-0.25, -0.2) is 0 Å². The van der Waals surface area contributed by atoms with E-state index in [1.165, 1.54) is 27.8 Å². The predicted molar refractivity (Wildman–Crippen MR) is 115 cm³/mol. The van der Waals surface area contributed by atoms with Gasteiger partial charge in [0.2, 0.25) is 0 Å². The predicted octanol–water partition coefficient (Wildman–Crippen LogP) is 6.66. The molecule has 27 heavy (non-hydrogen) atoms. The number of aromatic hydroxyl groups is 1. The summed E-state index contributed by atoms with van der Waals surface area (Å²) in [6.07, 6.45) is 0. The molecule has 3 aromatic carbocycles. The third kappa shape index (κ3) is 3.39. The molecule has 0 aliphatic carbocycles. The Balaban J connectivity index is 2.15. The summed E-state index contributed by atoms with van der Waals surface area (Å²) in [5.74, 6) is 0.354. The van der Waals surface area contributed by atoms with Crippen LogP contribution in [0.15, 0.2) is 66.7 Å². The molecule has 0 unspecified atom stereocenters. The molecular weight excluding hydrogens is 328 g/mol. The summed E-state index contributed by atoms with van der Waals surface area (Å²) in [5.41, 5.74) is 6.84. The second-order valence-corrected chi connectivity index (χ2v) is 8.61. The number of phenolic OH excluding ortho intramolecular Hbond substituents is 1. The number of phenols is 1. The Bertz CT molecular complexity index is 963. The van der Waals surface area contributed by atoms with E-state index < -0.39 is 0 Å². The molecule has 0 aromatic heterocycles. The highest BCUT2D eigenvalue weighted by molar-refractivity contribution is 5.52. The molecule has 3 rings (SSSR count). The van der Waals surface area contributed by atoms with E-state index in [0.29, 0.717) is 5.75 Å². The highest BCUT2D eigenvalue weighted by atomic mass is 16.3. The average Bonchev–Trinajstić information content (AvgIpc) is 2.62. The normalized spacial score (nSPS) is 12.2. The summed E-state index contributed by atoms with van der Waals surface area (Å²) in [7, 11) is 0. The van der Waals surface area contributed by atoms with Crippen molar-refractivity contribution in [3.63, 3.8) is 0 Å². The Hall–Kier alpha value is -2.54. The zero-order valence-corrected chi connectivity index (χ0v) is 17.3. The van der Waals surface area contributed by atoms with Gasteiger partial charge in [-0.3, -0.25) is 0 Å². The van der Waals surface area contributed by atoms with Gasteiger partial charge < -0.3 is 5.11 Å². The maximum absolute atomic E-state index is 10.7. The Kier molecular flexibility index (Phi) is 4.90. The lowest BCUT2D eigenvalue weighted by atomic mass is 9.71. The Morgan fingerprint density at radius 3 is 1.59 bits per heavy atom. The molecule has 0 saturated carbocycles. The van der Waals surface area contributed by atoms with Crippen LogP contribution in [0.5, 0.6) is 5.75 Å². The van der Waals surface area contributed by atoms with Gasteiger partial charge in [0.15, 0.2) is 0 Å². The Labute approximate surface area is 163 Å². The lowest BCUT2D eigenvalue weighted by Gasteiger charge is -2.32. The standard InChI is InChI=1S/C26H30O/c1-18-11-7-9-13-21(18)25(3,4)20-15-16-24(27)23(17-20)26(5,6)22-14-10-8-12-19(22)2/h7-17,27H,1-6H3. The van der Waals surface area contributed by atoms with Gasteiger partial charge in [0.25, 0.3) is 0 Å². The Morgan fingerprint density at radius 2 is 1.07 bits per heavy atom. The van der Waals surface area contributed by atoms with E-state index in [-0.39, 0.29) is 10.8 Å². The number of rotatable bonds is 4. The molecule has 1 heteroatoms. The number of benzene rings is 3. The fraction of sp³-hybridized carbons (Fsp3) is 0.308. The molecule has 1 N–H and O–H groups in total. The molecule has 140 valence electrons. The minimum atomic E-state index is -0.284. The van der Waals surface area contributed by atoms with Crippen LogP contribution >= 0.6 is 0 Å². The minimum Gasteiger partial charge on any atom is -0.508 e. The first kappa shape index (κ1) is 19.2. The van der Waals surface area contributed by atoms with Gasteiger partial charge >= 0.3 is 0 Å². The highest BCUT2D eigenvalue weighted by Crippen LogP contribution is 2.42. The van der Waals surface area contributed by atoms with E-state index >= 15 is 0 Å². The highest BCUT2D eigenvalue weighted by Gasteiger charge is 2.31. The van der Waals surface area contributed by atoms with Crippen LogP contribution in [0.25, 0.3) is 0 Å². The summed E-state index contributed by atoms with van der Waals surface area (Å²) in [6, 6.07) is 23.1. The second kappa shape index (κ2) is 6.88. The zero-order valence-electron chi connectivity index (χ0n) is 17.3. The third-order valence-corrected chi connectivity index (χ3v) is 6.03. The molecule has 0 spiro atoms. The summed E-state index contributed by atoms with van der Waals surface area (Å²) >= 11 is 0. The van der Waals surface area contributed by atoms with Crippen molar-refractivity contribution in [1.82, 2.24) is 0 Å². The summed E-state index contributed by atoms with van der Waals surface area (Å²) in [5, 5.41) is 10.7. The van der Waals surface area contributed by atoms with E-state index in [4.69, 9.17) is 0 Å². The van der Waals surface area contributed by atoms with Crippen molar-refractivity contribution in [3.05, 3.63) is 100 Å². The van der Waals surface area contributed by atoms with E-state index in [2.05, 4.69) is 102 Å². The average molecular weight is 359 g/mol. The van der Waals surface area contributed by atoms with E-state index in [1.54, 1.807) is 0 Å². The molecule has 0 fully saturated rings. The molecule has 3 aromatic rings. The van der Waals surface area contributed by atoms with Gasteiger partial charge in [-0.05, 0) is 47.7 Å². The lowest BCUT2D eigenvalue weighted by Crippen LogP contribution is -2.24. The van der Waals surface area contributed by atoms with E-state index in [9.17, 15) is 5.11 Å². The molecular formula is C26H30O. The van der Waals surface area contributed by atoms with Crippen molar-refractivity contribution in [3.8, 4) is 5.75 Å². The first-order valence-electron chi connectivity index (χ1n) is 9.62. The van der Waals surface area contributed by atoms with Gasteiger partial charge in [0.1, 0.15) is 5.75 Å². The topological polar surface area (TPSA) is 20.2 Å². The van der Waals surface area contributed by atoms with Gasteiger partial charge in [0, 0.05) is 16.4 Å². The van der Waals surface area contributed by atoms with E-state index in [1.807, 2.05) is 6.07 Å². The van der Waals surface area contributed by atoms with Gasteiger partial charge in [-0.2, -0.15) is 0 Å². The first-order valence-corrected chi connectivity index (χ1v) is 9.62. The third-order valence-electron chi connectivity index (χ3n) is 6.03. The largest absolute Gasteiger partial charge is 0.508 e. The molecule has 0 aliphatic rings. The van der Waals surface area contributed by atoms with Crippen LogP contribution in [0.4, 0.5) is 0 Å². The molecule has 0 atom stereocenters. The fourth-order valence-electron chi connectivity index (χ4n) is 4.27. The molecule has 0 bridgehead atoms. The fourth-order valence-corrected chi connectivity index (χ4v) is 4.27. The molecule has 1 nitrogen and oxygen atoms in total. The number of hydrogen-bond acceptors (Lipinski definition) is 1. The summed E-state index contributed by atoms with van der Waals surface area (Å²) in [4.78, 5) is 0. The van der Waals surface area contributed by atoms with Crippen molar-refractivity contribution >= 4 is 0 Å². The van der Waals surface area contributed by atoms with Crippen LogP contribution in [-0.2, 0) is 10.8 Å². The van der Waals surface area contributed by atoms with Gasteiger partial charge in [0.05, 0.1) is 0 Å². The number of aryl methyl sites for hydroxylation is 2. The lowest BCUT2D eigenvalue weighted by molar-refractivity contribution is 0.451. The maximum Gasteiger partial charge on any atom is 0.119 e. The maximum atomic E-state index is 10.7. The van der Waals surface area contributed by atoms with Crippen molar-refractivity contribution in [1.29, 1.82) is 0 Å². The summed E-state index contributed by atoms with van der Waals surface area (Å²) < 4.78 is 0. The molecule has 0 heterocycles. The molecule has 0 radical (unpaired) electrons. The number of hydrogen-bond donors (Lipinski definition) is 1. The quantitative estimate of drug-likeness (QED) is 0.553. The smallest absolute Gasteiger partial charge is 0.119 e. The van der Waals surface area contributed by atoms with Gasteiger partial charge in [-0.1, -0.05) is 88.4 Å². The second-order valence-electron chi connectivity index (χ2n) is 8.61. The first-order chi connectivity index (χ1) is 12.7. The van der Waals surface area contributed by atoms with Crippen LogP contribution in [0, 0.1) is 13.8 Å². The van der Waals surface area contributed by atoms with Crippen molar-refractivity contribution in [2.45, 2.75) is 52.4 Å². The van der Waals surface area contributed by atoms with Crippen molar-refractivity contribution < 1.29 is 5.11 Å². The van der Waals surface area contributed by atoms with E-state index in [0.717, 1.165) is 5.56 Å². The van der Waals surface area contributed by atoms with Crippen LogP contribution < -0.4 is 0 Å². The minimum absolute atomic E-state index is 0.143. The summed E-state index contributed by atoms with van der Waals surface area (Å²) in [6.45, 7) is 13.2. The molecule has 0 aliphatic heterocycles. The van der Waals surface area contributed by atoms with Crippen LogP contribution in [0.3, 0.4) is 0 Å². The van der Waals surface area contributed by atoms with Crippen molar-refractivity contribution in [2.75, 3.05) is 0 Å². The van der Waals surface area contributed by atoms with Gasteiger partial charge in [-0.15, -0.1) is 0 Å². The molecule has 0 saturated heterocycles.